The van der Waals surface area contributed by atoms with Crippen LogP contribution in [0.1, 0.15) is 11.1 Å². The number of nitrogens with one attached hydrogen (secondary N) is 2. The Kier molecular flexibility index (Phi) is 4.91. The van der Waals surface area contributed by atoms with Gasteiger partial charge in [0.05, 0.1) is 10.6 Å². The Morgan fingerprint density at radius 3 is 2.17 bits per heavy atom. The molecular weight excluding hydrogens is 411 g/mol. The zero-order valence-electron chi connectivity index (χ0n) is 15.2. The molecule has 3 rings (SSSR count). The molecule has 1 aliphatic rings. The fourth-order valence-electron chi connectivity index (χ4n) is 2.81. The van der Waals surface area contributed by atoms with Gasteiger partial charge in [0.25, 0.3) is 11.6 Å². The van der Waals surface area contributed by atoms with Crippen molar-refractivity contribution in [2.75, 3.05) is 4.90 Å². The molecule has 2 aromatic rings. The first kappa shape index (κ1) is 20.8. The minimum atomic E-state index is -5.45. The maximum Gasteiger partial charge on any atom is 0.435 e. The van der Waals surface area contributed by atoms with Gasteiger partial charge < -0.3 is 5.32 Å². The summed E-state index contributed by atoms with van der Waals surface area (Å²) < 4.78 is 68.1. The number of hydrogen-bond acceptors (Lipinski definition) is 4. The molecule has 0 unspecified atom stereocenters. The highest BCUT2D eigenvalue weighted by atomic mass is 32.2. The van der Waals surface area contributed by atoms with Gasteiger partial charge in [-0.2, -0.15) is 17.9 Å². The molecule has 1 saturated heterocycles. The van der Waals surface area contributed by atoms with Crippen molar-refractivity contribution >= 4 is 27.6 Å². The Labute approximate surface area is 164 Å². The maximum absolute atomic E-state index is 13.9. The molecule has 0 bridgehead atoms. The van der Waals surface area contributed by atoms with E-state index in [4.69, 9.17) is 0 Å². The fraction of sp³-hybridized carbons (Fsp3) is 0.222. The average molecular weight is 427 g/mol. The highest BCUT2D eigenvalue weighted by Crippen LogP contribution is 2.37. The Bertz CT molecular complexity index is 1090. The van der Waals surface area contributed by atoms with Crippen molar-refractivity contribution in [3.8, 4) is 0 Å². The van der Waals surface area contributed by atoms with Gasteiger partial charge in [-0.3, -0.25) is 4.79 Å². The van der Waals surface area contributed by atoms with Crippen molar-refractivity contribution in [3.63, 3.8) is 0 Å². The number of urea groups is 1. The summed E-state index contributed by atoms with van der Waals surface area (Å²) in [7, 11) is -4.79. The number of anilines is 1. The Hall–Kier alpha value is -2.92. The lowest BCUT2D eigenvalue weighted by atomic mass is 10.1. The lowest BCUT2D eigenvalue weighted by Crippen LogP contribution is -2.69. The molecule has 7 nitrogen and oxygen atoms in total. The van der Waals surface area contributed by atoms with Crippen LogP contribution in [-0.2, 0) is 14.8 Å². The van der Waals surface area contributed by atoms with Gasteiger partial charge in [0.15, 0.2) is 0 Å². The van der Waals surface area contributed by atoms with Gasteiger partial charge in [0.1, 0.15) is 0 Å². The van der Waals surface area contributed by atoms with Crippen molar-refractivity contribution in [2.45, 2.75) is 30.6 Å². The van der Waals surface area contributed by atoms with E-state index in [1.54, 1.807) is 13.8 Å². The van der Waals surface area contributed by atoms with Crippen molar-refractivity contribution in [3.05, 3.63) is 59.7 Å². The molecule has 29 heavy (non-hydrogen) atoms. The van der Waals surface area contributed by atoms with Gasteiger partial charge in [-0.15, -0.1) is 0 Å². The van der Waals surface area contributed by atoms with Crippen molar-refractivity contribution in [1.29, 1.82) is 0 Å². The number of imide groups is 1. The molecule has 11 heteroatoms. The molecule has 1 fully saturated rings. The zero-order chi connectivity index (χ0) is 21.6. The molecule has 0 aromatic heterocycles. The monoisotopic (exact) mass is 427 g/mol. The van der Waals surface area contributed by atoms with E-state index in [2.05, 4.69) is 0 Å². The van der Waals surface area contributed by atoms with E-state index in [-0.39, 0.29) is 10.6 Å². The summed E-state index contributed by atoms with van der Waals surface area (Å²) in [5.41, 5.74) is -2.51. The van der Waals surface area contributed by atoms with Gasteiger partial charge in [0.2, 0.25) is 10.0 Å². The number of sulfonamides is 1. The third kappa shape index (κ3) is 3.47. The highest BCUT2D eigenvalue weighted by Gasteiger charge is 2.69. The number of benzene rings is 2. The molecular formula is C18H16F3N3O4S. The van der Waals surface area contributed by atoms with Crippen molar-refractivity contribution in [1.82, 2.24) is 10.0 Å². The van der Waals surface area contributed by atoms with E-state index in [1.165, 1.54) is 46.4 Å². The van der Waals surface area contributed by atoms with Gasteiger partial charge in [-0.25, -0.2) is 18.1 Å². The van der Waals surface area contributed by atoms with Crippen molar-refractivity contribution < 1.29 is 31.2 Å². The van der Waals surface area contributed by atoms with Crippen LogP contribution in [0.2, 0.25) is 0 Å². The fourth-order valence-corrected chi connectivity index (χ4v) is 4.10. The second-order valence-electron chi connectivity index (χ2n) is 6.51. The molecule has 2 N–H and O–H groups in total. The summed E-state index contributed by atoms with van der Waals surface area (Å²) >= 11 is 0. The number of nitrogens with zero attached hydrogens (tertiary/aromatic N) is 1. The molecule has 0 aliphatic carbocycles. The van der Waals surface area contributed by atoms with Crippen LogP contribution in [0.4, 0.5) is 23.7 Å². The number of amides is 3. The van der Waals surface area contributed by atoms with Crippen LogP contribution < -0.4 is 14.9 Å². The second-order valence-corrected chi connectivity index (χ2v) is 8.19. The minimum absolute atomic E-state index is 0.111. The van der Waals surface area contributed by atoms with E-state index >= 15 is 0 Å². The van der Waals surface area contributed by atoms with Crippen LogP contribution >= 0.6 is 0 Å². The number of carbonyl (C=O) groups excluding carboxylic acids is 2. The number of alkyl halides is 3. The van der Waals surface area contributed by atoms with Crippen LogP contribution in [0.25, 0.3) is 0 Å². The quantitative estimate of drug-likeness (QED) is 0.734. The molecule has 1 atom stereocenters. The first-order chi connectivity index (χ1) is 13.4. The summed E-state index contributed by atoms with van der Waals surface area (Å²) in [5, 5.41) is 1.49. The number of hydrogen-bond donors (Lipinski definition) is 2. The minimum Gasteiger partial charge on any atom is -0.302 e. The molecule has 1 aliphatic heterocycles. The Morgan fingerprint density at radius 1 is 1.00 bits per heavy atom. The topological polar surface area (TPSA) is 95.6 Å². The van der Waals surface area contributed by atoms with Gasteiger partial charge in [0, 0.05) is 0 Å². The van der Waals surface area contributed by atoms with Crippen LogP contribution in [0.5, 0.6) is 0 Å². The summed E-state index contributed by atoms with van der Waals surface area (Å²) in [4.78, 5) is 24.9. The van der Waals surface area contributed by atoms with E-state index < -0.39 is 38.7 Å². The molecule has 0 saturated carbocycles. The van der Waals surface area contributed by atoms with Crippen LogP contribution in [0.3, 0.4) is 0 Å². The third-order valence-electron chi connectivity index (χ3n) is 4.54. The molecule has 0 spiro atoms. The van der Waals surface area contributed by atoms with E-state index in [0.717, 1.165) is 17.7 Å². The maximum atomic E-state index is 13.9. The number of aryl methyl sites for hydroxylation is 2. The Morgan fingerprint density at radius 2 is 1.62 bits per heavy atom. The summed E-state index contributed by atoms with van der Waals surface area (Å²) in [5.74, 6) is -1.79. The average Bonchev–Trinajstić information content (AvgIpc) is 2.88. The number of carbonyl (C=O) groups is 2. The summed E-state index contributed by atoms with van der Waals surface area (Å²) in [6.45, 7) is 3.41. The number of halogens is 3. The molecule has 2 aromatic carbocycles. The standard InChI is InChI=1S/C18H16F3N3O4S/c1-11-8-9-13(10-12(11)2)24-15(25)17(18(19,20)21,22-16(24)26)23-29(27,28)14-6-4-3-5-7-14/h3-10,23H,1-2H3,(H,22,26)/t17-/m1/s1. The van der Waals surface area contributed by atoms with Crippen LogP contribution in [0.15, 0.2) is 53.4 Å². The second kappa shape index (κ2) is 6.85. The summed E-state index contributed by atoms with van der Waals surface area (Å²) in [6, 6.07) is 9.03. The first-order valence-electron chi connectivity index (χ1n) is 8.29. The molecule has 3 amide bonds. The normalized spacial score (nSPS) is 20.1. The smallest absolute Gasteiger partial charge is 0.302 e. The van der Waals surface area contributed by atoms with Gasteiger partial charge in [-0.1, -0.05) is 24.3 Å². The number of rotatable bonds is 4. The highest BCUT2D eigenvalue weighted by molar-refractivity contribution is 7.89. The Balaban J connectivity index is 2.09. The lowest BCUT2D eigenvalue weighted by Gasteiger charge is -2.29. The van der Waals surface area contributed by atoms with E-state index in [0.29, 0.717) is 5.56 Å². The third-order valence-corrected chi connectivity index (χ3v) is 6.00. The van der Waals surface area contributed by atoms with Crippen LogP contribution in [-0.4, -0.2) is 32.2 Å². The van der Waals surface area contributed by atoms with Gasteiger partial charge >= 0.3 is 12.2 Å². The zero-order valence-corrected chi connectivity index (χ0v) is 16.1. The molecule has 0 radical (unpaired) electrons. The van der Waals surface area contributed by atoms with Crippen molar-refractivity contribution in [2.24, 2.45) is 0 Å². The molecule has 154 valence electrons. The molecule has 1 heterocycles. The largest absolute Gasteiger partial charge is 0.435 e. The van der Waals surface area contributed by atoms with Gasteiger partial charge in [-0.05, 0) is 49.2 Å². The lowest BCUT2D eigenvalue weighted by molar-refractivity contribution is -0.194. The first-order valence-corrected chi connectivity index (χ1v) is 9.77. The van der Waals surface area contributed by atoms with E-state index in [1.807, 2.05) is 0 Å². The predicted molar refractivity (Wildman–Crippen MR) is 97.5 cm³/mol. The summed E-state index contributed by atoms with van der Waals surface area (Å²) in [6.07, 6.45) is -5.45. The predicted octanol–water partition coefficient (Wildman–Crippen LogP) is 2.60. The van der Waals surface area contributed by atoms with Crippen LogP contribution in [0, 0.1) is 13.8 Å². The SMILES string of the molecule is Cc1ccc(N2C(=O)N[C@](NS(=O)(=O)c3ccccc3)(C(F)(F)F)C2=O)cc1C. The van der Waals surface area contributed by atoms with E-state index in [9.17, 15) is 31.2 Å².